The summed E-state index contributed by atoms with van der Waals surface area (Å²) in [6, 6.07) is 3.62. The average Bonchev–Trinajstić information content (AvgIpc) is 2.53. The number of nitrogens with zero attached hydrogens (tertiary/aromatic N) is 4. The molecule has 0 saturated carbocycles. The first-order chi connectivity index (χ1) is 11.0. The lowest BCUT2D eigenvalue weighted by molar-refractivity contribution is -0.134. The summed E-state index contributed by atoms with van der Waals surface area (Å²) in [7, 11) is 3.79. The van der Waals surface area contributed by atoms with E-state index in [-0.39, 0.29) is 24.5 Å². The molecule has 0 radical (unpaired) electrons. The average molecular weight is 321 g/mol. The van der Waals surface area contributed by atoms with Crippen molar-refractivity contribution in [3.63, 3.8) is 0 Å². The molecule has 1 aliphatic heterocycles. The maximum Gasteiger partial charge on any atom is 0.242 e. The fraction of sp³-hybridized carbons (Fsp3) is 0.600. The first-order valence-corrected chi connectivity index (χ1v) is 7.65. The van der Waals surface area contributed by atoms with Crippen LogP contribution in [-0.2, 0) is 9.59 Å². The monoisotopic (exact) mass is 321 g/mol. The van der Waals surface area contributed by atoms with Crippen LogP contribution in [0.2, 0.25) is 0 Å². The molecule has 1 aliphatic rings. The van der Waals surface area contributed by atoms with Gasteiger partial charge in [-0.1, -0.05) is 0 Å². The maximum atomic E-state index is 12.0. The number of aromatic nitrogens is 2. The largest absolute Gasteiger partial charge is 0.471 e. The van der Waals surface area contributed by atoms with E-state index in [4.69, 9.17) is 4.74 Å². The third-order valence-corrected chi connectivity index (χ3v) is 3.59. The Hall–Kier alpha value is -2.38. The Morgan fingerprint density at radius 3 is 2.78 bits per heavy atom. The summed E-state index contributed by atoms with van der Waals surface area (Å²) in [4.78, 5) is 26.5. The molecule has 0 aliphatic carbocycles. The van der Waals surface area contributed by atoms with Crippen LogP contribution >= 0.6 is 0 Å². The number of carbonyl (C=O) groups is 2. The zero-order chi connectivity index (χ0) is 16.8. The van der Waals surface area contributed by atoms with Crippen LogP contribution in [0.5, 0.6) is 5.88 Å². The highest BCUT2D eigenvalue weighted by Gasteiger charge is 2.25. The molecule has 1 N–H and O–H groups in total. The lowest BCUT2D eigenvalue weighted by atomic mass is 10.1. The quantitative estimate of drug-likeness (QED) is 0.824. The highest BCUT2D eigenvalue weighted by Crippen LogP contribution is 2.17. The molecule has 0 spiro atoms. The summed E-state index contributed by atoms with van der Waals surface area (Å²) in [5, 5.41) is 10.6. The number of hydrogen-bond acceptors (Lipinski definition) is 6. The molecule has 23 heavy (non-hydrogen) atoms. The second-order valence-electron chi connectivity index (χ2n) is 5.76. The molecule has 1 aromatic rings. The van der Waals surface area contributed by atoms with Crippen LogP contribution in [0.25, 0.3) is 0 Å². The van der Waals surface area contributed by atoms with Crippen molar-refractivity contribution >= 4 is 17.6 Å². The predicted molar refractivity (Wildman–Crippen MR) is 85.3 cm³/mol. The predicted octanol–water partition coefficient (Wildman–Crippen LogP) is 0.0485. The fourth-order valence-corrected chi connectivity index (χ4v) is 2.36. The van der Waals surface area contributed by atoms with Gasteiger partial charge in [0.05, 0.1) is 13.1 Å². The van der Waals surface area contributed by atoms with Crippen molar-refractivity contribution in [3.8, 4) is 5.88 Å². The lowest BCUT2D eigenvalue weighted by Crippen LogP contribution is -2.47. The van der Waals surface area contributed by atoms with Crippen LogP contribution in [0.1, 0.15) is 19.8 Å². The van der Waals surface area contributed by atoms with Crippen molar-refractivity contribution in [1.82, 2.24) is 20.4 Å². The standard InChI is InChI=1S/C15H23N5O3/c1-11(21)16-9-15(22)20-8-4-5-12(10-20)23-14-7-6-13(17-18-14)19(2)3/h6-7,12H,4-5,8-10H2,1-3H3,(H,16,21). The molecule has 2 rings (SSSR count). The van der Waals surface area contributed by atoms with Crippen molar-refractivity contribution in [3.05, 3.63) is 12.1 Å². The van der Waals surface area contributed by atoms with E-state index in [2.05, 4.69) is 15.5 Å². The highest BCUT2D eigenvalue weighted by atomic mass is 16.5. The number of likely N-dealkylation sites (tertiary alicyclic amines) is 1. The molecule has 8 nitrogen and oxygen atoms in total. The summed E-state index contributed by atoms with van der Waals surface area (Å²) in [6.45, 7) is 2.60. The molecule has 1 unspecified atom stereocenters. The molecule has 0 bridgehead atoms. The van der Waals surface area contributed by atoms with Gasteiger partial charge < -0.3 is 19.9 Å². The van der Waals surface area contributed by atoms with Gasteiger partial charge in [-0.2, -0.15) is 0 Å². The maximum absolute atomic E-state index is 12.0. The van der Waals surface area contributed by atoms with E-state index in [1.807, 2.05) is 25.1 Å². The van der Waals surface area contributed by atoms with Gasteiger partial charge in [-0.15, -0.1) is 10.2 Å². The third kappa shape index (κ3) is 5.08. The van der Waals surface area contributed by atoms with Crippen LogP contribution < -0.4 is 15.0 Å². The normalized spacial score (nSPS) is 17.5. The van der Waals surface area contributed by atoms with Crippen molar-refractivity contribution in [1.29, 1.82) is 0 Å². The first kappa shape index (κ1) is 17.0. The van der Waals surface area contributed by atoms with E-state index in [9.17, 15) is 9.59 Å². The second kappa shape index (κ2) is 7.75. The molecule has 1 fully saturated rings. The van der Waals surface area contributed by atoms with Crippen molar-refractivity contribution in [2.45, 2.75) is 25.9 Å². The van der Waals surface area contributed by atoms with E-state index >= 15 is 0 Å². The van der Waals surface area contributed by atoms with E-state index in [1.54, 1.807) is 11.0 Å². The van der Waals surface area contributed by atoms with Crippen LogP contribution in [0.3, 0.4) is 0 Å². The number of hydrogen-bond donors (Lipinski definition) is 1. The van der Waals surface area contributed by atoms with E-state index in [0.29, 0.717) is 19.0 Å². The molecular weight excluding hydrogens is 298 g/mol. The number of anilines is 1. The Kier molecular flexibility index (Phi) is 5.72. The van der Waals surface area contributed by atoms with Gasteiger partial charge in [0.2, 0.25) is 17.7 Å². The summed E-state index contributed by atoms with van der Waals surface area (Å²) in [5.74, 6) is 0.909. The van der Waals surface area contributed by atoms with Crippen LogP contribution in [0.15, 0.2) is 12.1 Å². The fourth-order valence-electron chi connectivity index (χ4n) is 2.36. The number of carbonyl (C=O) groups excluding carboxylic acids is 2. The Morgan fingerprint density at radius 2 is 2.17 bits per heavy atom. The summed E-state index contributed by atoms with van der Waals surface area (Å²) in [6.07, 6.45) is 1.62. The van der Waals surface area contributed by atoms with Crippen molar-refractivity contribution < 1.29 is 14.3 Å². The summed E-state index contributed by atoms with van der Waals surface area (Å²) < 4.78 is 5.82. The van der Waals surface area contributed by atoms with Crippen LogP contribution in [0, 0.1) is 0 Å². The minimum Gasteiger partial charge on any atom is -0.471 e. The van der Waals surface area contributed by atoms with E-state index < -0.39 is 0 Å². The number of nitrogens with one attached hydrogen (secondary N) is 1. The van der Waals surface area contributed by atoms with Gasteiger partial charge in [-0.05, 0) is 18.9 Å². The Balaban J connectivity index is 1.88. The summed E-state index contributed by atoms with van der Waals surface area (Å²) >= 11 is 0. The zero-order valence-corrected chi connectivity index (χ0v) is 13.8. The molecule has 1 atom stereocenters. The molecule has 2 heterocycles. The second-order valence-corrected chi connectivity index (χ2v) is 5.76. The van der Waals surface area contributed by atoms with Gasteiger partial charge in [0.1, 0.15) is 6.10 Å². The third-order valence-electron chi connectivity index (χ3n) is 3.59. The van der Waals surface area contributed by atoms with Gasteiger partial charge in [-0.25, -0.2) is 0 Å². The van der Waals surface area contributed by atoms with Crippen LogP contribution in [-0.4, -0.2) is 66.7 Å². The number of ether oxygens (including phenoxy) is 1. The minimum absolute atomic E-state index is 0.0272. The lowest BCUT2D eigenvalue weighted by Gasteiger charge is -2.32. The Bertz CT molecular complexity index is 547. The molecule has 126 valence electrons. The Morgan fingerprint density at radius 1 is 1.39 bits per heavy atom. The van der Waals surface area contributed by atoms with Gasteiger partial charge in [0.15, 0.2) is 5.82 Å². The van der Waals surface area contributed by atoms with Gasteiger partial charge >= 0.3 is 0 Å². The van der Waals surface area contributed by atoms with E-state index in [0.717, 1.165) is 18.7 Å². The zero-order valence-electron chi connectivity index (χ0n) is 13.8. The number of piperidine rings is 1. The van der Waals surface area contributed by atoms with Crippen molar-refractivity contribution in [2.75, 3.05) is 38.6 Å². The first-order valence-electron chi connectivity index (χ1n) is 7.65. The molecule has 0 aromatic carbocycles. The molecule has 1 aromatic heterocycles. The molecule has 8 heteroatoms. The smallest absolute Gasteiger partial charge is 0.242 e. The Labute approximate surface area is 135 Å². The SMILES string of the molecule is CC(=O)NCC(=O)N1CCCC(Oc2ccc(N(C)C)nn2)C1. The van der Waals surface area contributed by atoms with Gasteiger partial charge in [0.25, 0.3) is 0 Å². The molecule has 2 amide bonds. The van der Waals surface area contributed by atoms with E-state index in [1.165, 1.54) is 6.92 Å². The topological polar surface area (TPSA) is 87.7 Å². The van der Waals surface area contributed by atoms with Crippen LogP contribution in [0.4, 0.5) is 5.82 Å². The minimum atomic E-state index is -0.209. The van der Waals surface area contributed by atoms with Crippen molar-refractivity contribution in [2.24, 2.45) is 0 Å². The number of amides is 2. The molecule has 1 saturated heterocycles. The molecular formula is C15H23N5O3. The summed E-state index contributed by atoms with van der Waals surface area (Å²) in [5.41, 5.74) is 0. The van der Waals surface area contributed by atoms with Gasteiger partial charge in [-0.3, -0.25) is 9.59 Å². The number of rotatable bonds is 5. The van der Waals surface area contributed by atoms with Gasteiger partial charge in [0, 0.05) is 33.6 Å². The highest BCUT2D eigenvalue weighted by molar-refractivity contribution is 5.83.